The highest BCUT2D eigenvalue weighted by Crippen LogP contribution is 2.19. The standard InChI is InChI=1S/C14H13N3S/c1-2-13(18-7-1)8-16-12-5-3-11(4-6-12)14-9-15-10-17-14/h1-7,9-10,16H,8H2,(H,15,17). The quantitative estimate of drug-likeness (QED) is 0.745. The summed E-state index contributed by atoms with van der Waals surface area (Å²) in [5, 5.41) is 5.50. The van der Waals surface area contributed by atoms with Crippen LogP contribution in [0.1, 0.15) is 4.88 Å². The van der Waals surface area contributed by atoms with Crippen molar-refractivity contribution in [2.75, 3.05) is 5.32 Å². The molecule has 90 valence electrons. The molecule has 0 saturated carbocycles. The lowest BCUT2D eigenvalue weighted by Crippen LogP contribution is -1.96. The van der Waals surface area contributed by atoms with Crippen molar-refractivity contribution < 1.29 is 0 Å². The number of thiophene rings is 1. The third kappa shape index (κ3) is 2.43. The molecule has 0 fully saturated rings. The molecule has 0 atom stereocenters. The van der Waals surface area contributed by atoms with Gasteiger partial charge in [0, 0.05) is 17.1 Å². The van der Waals surface area contributed by atoms with Gasteiger partial charge in [-0.25, -0.2) is 4.98 Å². The Bertz CT molecular complexity index is 583. The molecule has 0 radical (unpaired) electrons. The van der Waals surface area contributed by atoms with E-state index in [4.69, 9.17) is 0 Å². The number of rotatable bonds is 4. The third-order valence-corrected chi connectivity index (χ3v) is 3.62. The number of nitrogens with one attached hydrogen (secondary N) is 2. The number of nitrogens with zero attached hydrogens (tertiary/aromatic N) is 1. The van der Waals surface area contributed by atoms with E-state index < -0.39 is 0 Å². The Morgan fingerprint density at radius 2 is 2.06 bits per heavy atom. The highest BCUT2D eigenvalue weighted by molar-refractivity contribution is 7.09. The lowest BCUT2D eigenvalue weighted by Gasteiger charge is -2.05. The number of benzene rings is 1. The van der Waals surface area contributed by atoms with Crippen molar-refractivity contribution >= 4 is 17.0 Å². The number of imidazole rings is 1. The molecule has 0 spiro atoms. The van der Waals surface area contributed by atoms with Crippen molar-refractivity contribution in [3.63, 3.8) is 0 Å². The molecule has 3 rings (SSSR count). The van der Waals surface area contributed by atoms with Crippen LogP contribution in [0, 0.1) is 0 Å². The summed E-state index contributed by atoms with van der Waals surface area (Å²) in [4.78, 5) is 8.46. The third-order valence-electron chi connectivity index (χ3n) is 2.74. The molecule has 2 aromatic heterocycles. The van der Waals surface area contributed by atoms with Crippen LogP contribution in [0.25, 0.3) is 11.3 Å². The lowest BCUT2D eigenvalue weighted by molar-refractivity contribution is 1.19. The van der Waals surface area contributed by atoms with E-state index >= 15 is 0 Å². The molecule has 0 saturated heterocycles. The van der Waals surface area contributed by atoms with E-state index in [1.54, 1.807) is 17.7 Å². The molecule has 0 bridgehead atoms. The van der Waals surface area contributed by atoms with Gasteiger partial charge in [0.15, 0.2) is 0 Å². The van der Waals surface area contributed by atoms with Gasteiger partial charge >= 0.3 is 0 Å². The molecule has 3 nitrogen and oxygen atoms in total. The average Bonchev–Trinajstić information content (AvgIpc) is 3.10. The van der Waals surface area contributed by atoms with E-state index in [1.165, 1.54) is 4.88 Å². The molecule has 0 aliphatic carbocycles. The zero-order valence-electron chi connectivity index (χ0n) is 9.76. The van der Waals surface area contributed by atoms with E-state index in [0.29, 0.717) is 0 Å². The molecular weight excluding hydrogens is 242 g/mol. The van der Waals surface area contributed by atoms with Crippen molar-refractivity contribution in [2.45, 2.75) is 6.54 Å². The van der Waals surface area contributed by atoms with E-state index in [1.807, 2.05) is 6.20 Å². The summed E-state index contributed by atoms with van der Waals surface area (Å²) in [6, 6.07) is 12.6. The molecule has 0 aliphatic heterocycles. The molecule has 2 heterocycles. The zero-order valence-corrected chi connectivity index (χ0v) is 10.6. The van der Waals surface area contributed by atoms with Crippen LogP contribution in [0.15, 0.2) is 54.3 Å². The van der Waals surface area contributed by atoms with E-state index in [9.17, 15) is 0 Å². The number of hydrogen-bond acceptors (Lipinski definition) is 3. The van der Waals surface area contributed by atoms with Gasteiger partial charge in [-0.15, -0.1) is 11.3 Å². The number of aromatic nitrogens is 2. The highest BCUT2D eigenvalue weighted by atomic mass is 32.1. The normalized spacial score (nSPS) is 10.4. The minimum absolute atomic E-state index is 0.876. The predicted octanol–water partition coefficient (Wildman–Crippen LogP) is 3.75. The molecular formula is C14H13N3S. The van der Waals surface area contributed by atoms with Gasteiger partial charge in [-0.1, -0.05) is 18.2 Å². The first-order chi connectivity index (χ1) is 8.92. The Balaban J connectivity index is 1.68. The van der Waals surface area contributed by atoms with E-state index in [2.05, 4.69) is 57.1 Å². The van der Waals surface area contributed by atoms with Gasteiger partial charge in [0.2, 0.25) is 0 Å². The second-order valence-electron chi connectivity index (χ2n) is 3.98. The summed E-state index contributed by atoms with van der Waals surface area (Å²) < 4.78 is 0. The fourth-order valence-corrected chi connectivity index (χ4v) is 2.43. The van der Waals surface area contributed by atoms with Crippen LogP contribution >= 0.6 is 11.3 Å². The first kappa shape index (κ1) is 11.0. The van der Waals surface area contributed by atoms with Gasteiger partial charge in [0.25, 0.3) is 0 Å². The van der Waals surface area contributed by atoms with Crippen LogP contribution in [-0.4, -0.2) is 9.97 Å². The maximum atomic E-state index is 4.02. The Hall–Kier alpha value is -2.07. The first-order valence-electron chi connectivity index (χ1n) is 5.77. The first-order valence-corrected chi connectivity index (χ1v) is 6.65. The van der Waals surface area contributed by atoms with E-state index in [-0.39, 0.29) is 0 Å². The fraction of sp³-hybridized carbons (Fsp3) is 0.0714. The second-order valence-corrected chi connectivity index (χ2v) is 5.01. The van der Waals surface area contributed by atoms with Crippen LogP contribution in [-0.2, 0) is 6.54 Å². The minimum Gasteiger partial charge on any atom is -0.380 e. The van der Waals surface area contributed by atoms with Crippen molar-refractivity contribution in [3.05, 3.63) is 59.2 Å². The van der Waals surface area contributed by atoms with Crippen LogP contribution in [0.4, 0.5) is 5.69 Å². The SMILES string of the molecule is c1csc(CNc2ccc(-c3cnc[nH]3)cc2)c1. The monoisotopic (exact) mass is 255 g/mol. The molecule has 4 heteroatoms. The highest BCUT2D eigenvalue weighted by Gasteiger charge is 1.99. The van der Waals surface area contributed by atoms with Gasteiger partial charge in [0.1, 0.15) is 0 Å². The lowest BCUT2D eigenvalue weighted by atomic mass is 10.1. The molecule has 0 amide bonds. The van der Waals surface area contributed by atoms with Crippen LogP contribution < -0.4 is 5.32 Å². The molecule has 2 N–H and O–H groups in total. The van der Waals surface area contributed by atoms with E-state index in [0.717, 1.165) is 23.5 Å². The Kier molecular flexibility index (Phi) is 3.10. The Morgan fingerprint density at radius 1 is 1.17 bits per heavy atom. The number of anilines is 1. The van der Waals surface area contributed by atoms with Crippen LogP contribution in [0.3, 0.4) is 0 Å². The summed E-state index contributed by atoms with van der Waals surface area (Å²) in [7, 11) is 0. The number of aromatic amines is 1. The van der Waals surface area contributed by atoms with Gasteiger partial charge in [-0.2, -0.15) is 0 Å². The summed E-state index contributed by atoms with van der Waals surface area (Å²) >= 11 is 1.77. The molecule has 1 aromatic carbocycles. The second kappa shape index (κ2) is 5.06. The van der Waals surface area contributed by atoms with Crippen molar-refractivity contribution in [2.24, 2.45) is 0 Å². The molecule has 0 aliphatic rings. The van der Waals surface area contributed by atoms with Gasteiger partial charge in [0.05, 0.1) is 18.2 Å². The van der Waals surface area contributed by atoms with Gasteiger partial charge in [-0.3, -0.25) is 0 Å². The molecule has 0 unspecified atom stereocenters. The molecule has 18 heavy (non-hydrogen) atoms. The minimum atomic E-state index is 0.876. The fourth-order valence-electron chi connectivity index (χ4n) is 1.78. The Morgan fingerprint density at radius 3 is 2.72 bits per heavy atom. The Labute approximate surface area is 110 Å². The topological polar surface area (TPSA) is 40.7 Å². The predicted molar refractivity (Wildman–Crippen MR) is 75.7 cm³/mol. The zero-order chi connectivity index (χ0) is 12.2. The average molecular weight is 255 g/mol. The smallest absolute Gasteiger partial charge is 0.0924 e. The maximum absolute atomic E-state index is 4.02. The van der Waals surface area contributed by atoms with Crippen LogP contribution in [0.2, 0.25) is 0 Å². The maximum Gasteiger partial charge on any atom is 0.0924 e. The number of H-pyrrole nitrogens is 1. The largest absolute Gasteiger partial charge is 0.380 e. The summed E-state index contributed by atoms with van der Waals surface area (Å²) in [5.74, 6) is 0. The summed E-state index contributed by atoms with van der Waals surface area (Å²) in [6.07, 6.45) is 3.52. The van der Waals surface area contributed by atoms with Crippen LogP contribution in [0.5, 0.6) is 0 Å². The van der Waals surface area contributed by atoms with Crippen molar-refractivity contribution in [3.8, 4) is 11.3 Å². The summed E-state index contributed by atoms with van der Waals surface area (Å²) in [5.41, 5.74) is 3.32. The number of hydrogen-bond donors (Lipinski definition) is 2. The van der Waals surface area contributed by atoms with Crippen molar-refractivity contribution in [1.29, 1.82) is 0 Å². The van der Waals surface area contributed by atoms with Crippen molar-refractivity contribution in [1.82, 2.24) is 9.97 Å². The molecule has 3 aromatic rings. The van der Waals surface area contributed by atoms with Gasteiger partial charge in [-0.05, 0) is 29.1 Å². The summed E-state index contributed by atoms with van der Waals surface area (Å²) in [6.45, 7) is 0.876. The van der Waals surface area contributed by atoms with Gasteiger partial charge < -0.3 is 10.3 Å².